The number of aliphatic hydroxyl groups excluding tert-OH is 1. The Kier molecular flexibility index (Phi) is 12.7. The van der Waals surface area contributed by atoms with E-state index in [0.29, 0.717) is 5.92 Å². The molecule has 1 aliphatic carbocycles. The van der Waals surface area contributed by atoms with E-state index in [9.17, 15) is 9.90 Å². The number of hydrogen-bond donors (Lipinski definition) is 1. The second-order valence-corrected chi connectivity index (χ2v) is 13.3. The van der Waals surface area contributed by atoms with Gasteiger partial charge in [0.15, 0.2) is 5.78 Å². The number of fused-ring (bicyclic) bond motifs is 4. The SMILES string of the molecule is CC(C)c1cccc2ccc3c(-c4[c-]cc5c(c4)CCCC5)ncnc3c12.CCC(C)(CC)C(=O)/C=C(\O)C(C)(CC)CC.[Ir]. The number of aliphatic hydroxyl groups is 1. The Morgan fingerprint density at radius 3 is 2.20 bits per heavy atom. The molecule has 0 bridgehead atoms. The molecule has 1 heterocycles. The van der Waals surface area contributed by atoms with Crippen LogP contribution in [0.2, 0.25) is 0 Å². The van der Waals surface area contributed by atoms with Crippen LogP contribution in [-0.2, 0) is 37.7 Å². The van der Waals surface area contributed by atoms with Crippen molar-refractivity contribution in [1.29, 1.82) is 0 Å². The molecule has 4 aromatic rings. The summed E-state index contributed by atoms with van der Waals surface area (Å²) in [4.78, 5) is 21.5. The molecule has 1 aromatic heterocycles. The summed E-state index contributed by atoms with van der Waals surface area (Å²) in [7, 11) is 0. The first-order valence-electron chi connectivity index (χ1n) is 16.7. The second kappa shape index (κ2) is 15.6. The van der Waals surface area contributed by atoms with E-state index in [1.165, 1.54) is 59.2 Å². The summed E-state index contributed by atoms with van der Waals surface area (Å²) in [5.74, 6) is 0.738. The number of rotatable bonds is 9. The van der Waals surface area contributed by atoms with Crippen molar-refractivity contribution in [3.63, 3.8) is 0 Å². The largest absolute Gasteiger partial charge is 0.512 e. The average molecular weight is 784 g/mol. The number of aryl methyl sites for hydroxylation is 2. The molecular weight excluding hydrogens is 733 g/mol. The van der Waals surface area contributed by atoms with Gasteiger partial charge in [0, 0.05) is 42.4 Å². The number of allylic oxidation sites excluding steroid dienone is 2. The molecule has 243 valence electrons. The first kappa shape index (κ1) is 36.6. The quantitative estimate of drug-likeness (QED) is 0.0795. The van der Waals surface area contributed by atoms with E-state index in [1.807, 2.05) is 41.5 Å². The van der Waals surface area contributed by atoms with Crippen LogP contribution in [-0.4, -0.2) is 20.9 Å². The molecule has 1 radical (unpaired) electrons. The van der Waals surface area contributed by atoms with Gasteiger partial charge in [0.2, 0.25) is 0 Å². The zero-order chi connectivity index (χ0) is 32.1. The van der Waals surface area contributed by atoms with Gasteiger partial charge in [-0.1, -0.05) is 105 Å². The van der Waals surface area contributed by atoms with E-state index in [0.717, 1.165) is 47.8 Å². The number of carbonyl (C=O) groups is 1. The van der Waals surface area contributed by atoms with E-state index in [2.05, 4.69) is 67.4 Å². The Labute approximate surface area is 284 Å². The molecule has 5 heteroatoms. The fourth-order valence-electron chi connectivity index (χ4n) is 6.11. The van der Waals surface area contributed by atoms with Gasteiger partial charge in [-0.2, -0.15) is 0 Å². The minimum Gasteiger partial charge on any atom is -0.512 e. The third kappa shape index (κ3) is 7.75. The molecule has 0 saturated heterocycles. The minimum atomic E-state index is -0.337. The van der Waals surface area contributed by atoms with Crippen molar-refractivity contribution in [1.82, 2.24) is 9.97 Å². The summed E-state index contributed by atoms with van der Waals surface area (Å²) in [6.07, 6.45) is 11.4. The van der Waals surface area contributed by atoms with Gasteiger partial charge in [-0.25, -0.2) is 4.98 Å². The molecular formula is C40H51IrN2O2-. The Balaban J connectivity index is 0.000000270. The van der Waals surface area contributed by atoms with Crippen LogP contribution >= 0.6 is 0 Å². The first-order valence-corrected chi connectivity index (χ1v) is 16.7. The minimum absolute atomic E-state index is 0. The molecule has 0 saturated carbocycles. The number of ketones is 1. The van der Waals surface area contributed by atoms with Gasteiger partial charge in [-0.05, 0) is 60.1 Å². The van der Waals surface area contributed by atoms with Crippen molar-refractivity contribution >= 4 is 27.5 Å². The Bertz CT molecular complexity index is 1650. The van der Waals surface area contributed by atoms with Crippen LogP contribution in [0, 0.1) is 16.9 Å². The molecule has 0 unspecified atom stereocenters. The molecule has 45 heavy (non-hydrogen) atoms. The number of hydrogen-bond acceptors (Lipinski definition) is 4. The summed E-state index contributed by atoms with van der Waals surface area (Å²) in [5.41, 5.74) is 6.79. The normalized spacial score (nSPS) is 13.7. The van der Waals surface area contributed by atoms with Crippen LogP contribution in [0.15, 0.2) is 60.6 Å². The smallest absolute Gasteiger partial charge is 0.164 e. The molecule has 5 rings (SSSR count). The van der Waals surface area contributed by atoms with Gasteiger partial charge in [-0.3, -0.25) is 9.78 Å². The predicted octanol–water partition coefficient (Wildman–Crippen LogP) is 10.9. The molecule has 0 aliphatic heterocycles. The van der Waals surface area contributed by atoms with Crippen LogP contribution in [0.1, 0.15) is 117 Å². The van der Waals surface area contributed by atoms with Crippen LogP contribution < -0.4 is 0 Å². The van der Waals surface area contributed by atoms with Crippen LogP contribution in [0.4, 0.5) is 0 Å². The van der Waals surface area contributed by atoms with Gasteiger partial charge in [0.1, 0.15) is 12.1 Å². The molecule has 0 spiro atoms. The van der Waals surface area contributed by atoms with Gasteiger partial charge in [0.05, 0.1) is 5.52 Å². The van der Waals surface area contributed by atoms with Crippen molar-refractivity contribution in [2.24, 2.45) is 10.8 Å². The Morgan fingerprint density at radius 1 is 0.933 bits per heavy atom. The van der Waals surface area contributed by atoms with E-state index >= 15 is 0 Å². The third-order valence-corrected chi connectivity index (χ3v) is 10.4. The van der Waals surface area contributed by atoms with Crippen molar-refractivity contribution < 1.29 is 30.0 Å². The first-order chi connectivity index (χ1) is 21.0. The van der Waals surface area contributed by atoms with Crippen molar-refractivity contribution in [3.8, 4) is 11.3 Å². The van der Waals surface area contributed by atoms with E-state index in [1.54, 1.807) is 6.33 Å². The zero-order valence-electron chi connectivity index (χ0n) is 28.5. The monoisotopic (exact) mass is 784 g/mol. The van der Waals surface area contributed by atoms with Gasteiger partial charge in [-0.15, -0.1) is 34.9 Å². The Hall–Kier alpha value is -2.88. The van der Waals surface area contributed by atoms with E-state index in [4.69, 9.17) is 4.98 Å². The molecule has 0 amide bonds. The molecule has 1 N–H and O–H groups in total. The number of aromatic nitrogens is 2. The second-order valence-electron chi connectivity index (χ2n) is 13.3. The van der Waals surface area contributed by atoms with Crippen molar-refractivity contribution in [2.45, 2.75) is 113 Å². The van der Waals surface area contributed by atoms with Gasteiger partial charge in [0.25, 0.3) is 0 Å². The maximum absolute atomic E-state index is 12.2. The van der Waals surface area contributed by atoms with Gasteiger partial charge < -0.3 is 5.11 Å². The fourth-order valence-corrected chi connectivity index (χ4v) is 6.11. The molecule has 1 aliphatic rings. The summed E-state index contributed by atoms with van der Waals surface area (Å²) in [5, 5.41) is 13.7. The Morgan fingerprint density at radius 2 is 1.58 bits per heavy atom. The van der Waals surface area contributed by atoms with Crippen molar-refractivity contribution in [2.75, 3.05) is 0 Å². The maximum Gasteiger partial charge on any atom is 0.164 e. The van der Waals surface area contributed by atoms with Gasteiger partial charge >= 0.3 is 0 Å². The number of carbonyl (C=O) groups excluding carboxylic acids is 1. The summed E-state index contributed by atoms with van der Waals surface area (Å²) in [6, 6.07) is 18.9. The topological polar surface area (TPSA) is 63.1 Å². The number of benzene rings is 3. The molecule has 0 fully saturated rings. The summed E-state index contributed by atoms with van der Waals surface area (Å²) >= 11 is 0. The van der Waals surface area contributed by atoms with Crippen LogP contribution in [0.25, 0.3) is 32.9 Å². The average Bonchev–Trinajstić information content (AvgIpc) is 3.06. The zero-order valence-corrected chi connectivity index (χ0v) is 30.9. The molecule has 3 aromatic carbocycles. The fraction of sp³-hybridized carbons (Fsp3) is 0.475. The molecule has 0 atom stereocenters. The van der Waals surface area contributed by atoms with Crippen LogP contribution in [0.5, 0.6) is 0 Å². The summed E-state index contributed by atoms with van der Waals surface area (Å²) in [6.45, 7) is 16.6. The standard InChI is InChI=1S/C25H23N2.C15H28O2.Ir/c1-16(2)21-9-5-8-18-12-13-22-24(26-15-27-25(22)23(18)21)20-11-10-17-6-3-4-7-19(17)14-20;1-7-14(5,8-2)12(16)11-13(17)15(6,9-3)10-4;/h5,8-10,12-16H,3-4,6-7H2,1-2H3;11,16H,7-10H2,1-6H3;/q-1;;/b;12-11-;. The third-order valence-electron chi connectivity index (χ3n) is 10.4. The summed E-state index contributed by atoms with van der Waals surface area (Å²) < 4.78 is 0. The molecule has 4 nitrogen and oxygen atoms in total. The number of nitrogens with zero attached hydrogens (tertiary/aromatic N) is 2. The van der Waals surface area contributed by atoms with Crippen molar-refractivity contribution in [3.05, 3.63) is 83.4 Å². The van der Waals surface area contributed by atoms with Crippen LogP contribution in [0.3, 0.4) is 0 Å². The maximum atomic E-state index is 12.2. The van der Waals surface area contributed by atoms with E-state index < -0.39 is 0 Å². The van der Waals surface area contributed by atoms with E-state index in [-0.39, 0.29) is 42.5 Å². The predicted molar refractivity (Wildman–Crippen MR) is 185 cm³/mol.